The molecule has 1 saturated heterocycles. The van der Waals surface area contributed by atoms with Crippen molar-refractivity contribution in [2.24, 2.45) is 0 Å². The third kappa shape index (κ3) is 3.29. The molecular weight excluding hydrogens is 298 g/mol. The number of hydrogen-bond acceptors (Lipinski definition) is 3. The van der Waals surface area contributed by atoms with Gasteiger partial charge in [0.05, 0.1) is 5.69 Å². The Morgan fingerprint density at radius 3 is 2.33 bits per heavy atom. The molecule has 2 aliphatic rings. The van der Waals surface area contributed by atoms with Crippen molar-refractivity contribution in [1.29, 1.82) is 0 Å². The van der Waals surface area contributed by atoms with Gasteiger partial charge in [0, 0.05) is 18.5 Å². The minimum Gasteiger partial charge on any atom is -0.299 e. The summed E-state index contributed by atoms with van der Waals surface area (Å²) in [6.45, 7) is 3.52. The summed E-state index contributed by atoms with van der Waals surface area (Å²) in [5.41, 5.74) is 5.89. The van der Waals surface area contributed by atoms with Gasteiger partial charge in [-0.3, -0.25) is 9.69 Å². The van der Waals surface area contributed by atoms with E-state index < -0.39 is 0 Å². The standard InChI is InChI=1S/C20H25N3O/c24-20-18-6-2-1-5-17(18)19(21-22-20)13-15-7-9-16(10-8-15)14-23-11-3-4-12-23/h7-10H,1-6,11-14H2,(H,22,24). The molecule has 1 fully saturated rings. The summed E-state index contributed by atoms with van der Waals surface area (Å²) in [5, 5.41) is 7.04. The van der Waals surface area contributed by atoms with Crippen molar-refractivity contribution in [1.82, 2.24) is 15.1 Å². The van der Waals surface area contributed by atoms with Crippen LogP contribution >= 0.6 is 0 Å². The predicted molar refractivity (Wildman–Crippen MR) is 95.3 cm³/mol. The summed E-state index contributed by atoms with van der Waals surface area (Å²) in [7, 11) is 0. The first-order chi connectivity index (χ1) is 11.8. The van der Waals surface area contributed by atoms with Gasteiger partial charge in [-0.15, -0.1) is 0 Å². The van der Waals surface area contributed by atoms with Crippen molar-refractivity contribution >= 4 is 0 Å². The van der Waals surface area contributed by atoms with E-state index in [4.69, 9.17) is 0 Å². The molecule has 24 heavy (non-hydrogen) atoms. The van der Waals surface area contributed by atoms with Crippen molar-refractivity contribution in [3.63, 3.8) is 0 Å². The first-order valence-electron chi connectivity index (χ1n) is 9.19. The minimum atomic E-state index is 0.00871. The Morgan fingerprint density at radius 2 is 1.58 bits per heavy atom. The zero-order valence-electron chi connectivity index (χ0n) is 14.2. The third-order valence-electron chi connectivity index (χ3n) is 5.38. The summed E-state index contributed by atoms with van der Waals surface area (Å²) in [6.07, 6.45) is 7.65. The molecule has 0 amide bonds. The van der Waals surface area contributed by atoms with Crippen LogP contribution in [-0.4, -0.2) is 28.2 Å². The van der Waals surface area contributed by atoms with Gasteiger partial charge in [0.1, 0.15) is 0 Å². The summed E-state index contributed by atoms with van der Waals surface area (Å²) in [4.78, 5) is 14.5. The third-order valence-corrected chi connectivity index (χ3v) is 5.38. The summed E-state index contributed by atoms with van der Waals surface area (Å²) < 4.78 is 0. The van der Waals surface area contributed by atoms with Crippen LogP contribution in [0.25, 0.3) is 0 Å². The van der Waals surface area contributed by atoms with Crippen LogP contribution in [0.15, 0.2) is 29.1 Å². The van der Waals surface area contributed by atoms with Gasteiger partial charge in [0.25, 0.3) is 5.56 Å². The van der Waals surface area contributed by atoms with Crippen molar-refractivity contribution in [2.75, 3.05) is 13.1 Å². The van der Waals surface area contributed by atoms with E-state index in [0.717, 1.165) is 43.5 Å². The number of likely N-dealkylation sites (tertiary alicyclic amines) is 1. The smallest absolute Gasteiger partial charge is 0.267 e. The fraction of sp³-hybridized carbons (Fsp3) is 0.500. The lowest BCUT2D eigenvalue weighted by Gasteiger charge is -2.17. The van der Waals surface area contributed by atoms with Gasteiger partial charge in [-0.25, -0.2) is 5.10 Å². The molecule has 0 unspecified atom stereocenters. The summed E-state index contributed by atoms with van der Waals surface area (Å²) in [6, 6.07) is 8.92. The monoisotopic (exact) mass is 323 g/mol. The molecule has 4 nitrogen and oxygen atoms in total. The average molecular weight is 323 g/mol. The van der Waals surface area contributed by atoms with E-state index in [0.29, 0.717) is 0 Å². The highest BCUT2D eigenvalue weighted by atomic mass is 16.1. The topological polar surface area (TPSA) is 49.0 Å². The second kappa shape index (κ2) is 6.89. The zero-order valence-corrected chi connectivity index (χ0v) is 14.2. The number of fused-ring (bicyclic) bond motifs is 1. The Balaban J connectivity index is 1.50. The number of aromatic amines is 1. The lowest BCUT2D eigenvalue weighted by atomic mass is 9.90. The lowest BCUT2D eigenvalue weighted by Crippen LogP contribution is -2.23. The van der Waals surface area contributed by atoms with Crippen LogP contribution in [0, 0.1) is 0 Å². The highest BCUT2D eigenvalue weighted by molar-refractivity contribution is 5.34. The molecule has 0 bridgehead atoms. The van der Waals surface area contributed by atoms with Gasteiger partial charge >= 0.3 is 0 Å². The zero-order chi connectivity index (χ0) is 16.4. The van der Waals surface area contributed by atoms with E-state index in [2.05, 4.69) is 39.4 Å². The molecule has 0 saturated carbocycles. The van der Waals surface area contributed by atoms with Crippen molar-refractivity contribution in [3.05, 3.63) is 62.6 Å². The Kier molecular flexibility index (Phi) is 4.48. The molecule has 0 atom stereocenters. The van der Waals surface area contributed by atoms with Gasteiger partial charge < -0.3 is 0 Å². The van der Waals surface area contributed by atoms with Gasteiger partial charge in [-0.05, 0) is 68.3 Å². The highest BCUT2D eigenvalue weighted by Gasteiger charge is 2.18. The molecule has 1 aliphatic heterocycles. The molecule has 0 spiro atoms. The number of benzene rings is 1. The van der Waals surface area contributed by atoms with Crippen molar-refractivity contribution in [2.45, 2.75) is 51.5 Å². The van der Waals surface area contributed by atoms with Crippen LogP contribution in [0.2, 0.25) is 0 Å². The molecule has 2 heterocycles. The normalized spacial score (nSPS) is 17.8. The van der Waals surface area contributed by atoms with Crippen LogP contribution in [0.3, 0.4) is 0 Å². The molecule has 1 aromatic heterocycles. The average Bonchev–Trinajstić information content (AvgIpc) is 3.12. The van der Waals surface area contributed by atoms with Crippen LogP contribution in [0.5, 0.6) is 0 Å². The molecule has 0 radical (unpaired) electrons. The van der Waals surface area contributed by atoms with Crippen LogP contribution in [-0.2, 0) is 25.8 Å². The highest BCUT2D eigenvalue weighted by Crippen LogP contribution is 2.22. The fourth-order valence-corrected chi connectivity index (χ4v) is 4.03. The number of H-pyrrole nitrogens is 1. The number of hydrogen-bond donors (Lipinski definition) is 1. The molecule has 1 aromatic carbocycles. The Bertz CT molecular complexity index is 757. The number of nitrogens with one attached hydrogen (secondary N) is 1. The second-order valence-corrected chi connectivity index (χ2v) is 7.14. The molecule has 4 rings (SSSR count). The molecule has 1 aliphatic carbocycles. The summed E-state index contributed by atoms with van der Waals surface area (Å²) in [5.74, 6) is 0. The van der Waals surface area contributed by atoms with Crippen LogP contribution in [0.1, 0.15) is 53.6 Å². The SMILES string of the molecule is O=c1[nH]nc(Cc2ccc(CN3CCCC3)cc2)c2c1CCCC2. The van der Waals surface area contributed by atoms with E-state index >= 15 is 0 Å². The number of aromatic nitrogens is 2. The molecule has 4 heteroatoms. The number of nitrogens with zero attached hydrogens (tertiary/aromatic N) is 2. The van der Waals surface area contributed by atoms with Gasteiger partial charge in [-0.2, -0.15) is 5.10 Å². The first kappa shape index (κ1) is 15.6. The first-order valence-corrected chi connectivity index (χ1v) is 9.19. The van der Waals surface area contributed by atoms with Gasteiger partial charge in [0.15, 0.2) is 0 Å². The van der Waals surface area contributed by atoms with E-state index in [9.17, 15) is 4.79 Å². The minimum absolute atomic E-state index is 0.00871. The number of rotatable bonds is 4. The summed E-state index contributed by atoms with van der Waals surface area (Å²) >= 11 is 0. The van der Waals surface area contributed by atoms with E-state index in [1.54, 1.807) is 0 Å². The van der Waals surface area contributed by atoms with E-state index in [1.165, 1.54) is 49.0 Å². The lowest BCUT2D eigenvalue weighted by molar-refractivity contribution is 0.331. The van der Waals surface area contributed by atoms with Crippen LogP contribution < -0.4 is 5.56 Å². The van der Waals surface area contributed by atoms with E-state index in [1.807, 2.05) is 0 Å². The van der Waals surface area contributed by atoms with Crippen molar-refractivity contribution in [3.8, 4) is 0 Å². The molecule has 1 N–H and O–H groups in total. The predicted octanol–water partition coefficient (Wildman–Crippen LogP) is 2.84. The second-order valence-electron chi connectivity index (χ2n) is 7.14. The molecular formula is C20H25N3O. The van der Waals surface area contributed by atoms with E-state index in [-0.39, 0.29) is 5.56 Å². The largest absolute Gasteiger partial charge is 0.299 e. The fourth-order valence-electron chi connectivity index (χ4n) is 4.03. The Morgan fingerprint density at radius 1 is 0.917 bits per heavy atom. The van der Waals surface area contributed by atoms with Crippen LogP contribution in [0.4, 0.5) is 0 Å². The maximum Gasteiger partial charge on any atom is 0.267 e. The van der Waals surface area contributed by atoms with Gasteiger partial charge in [-0.1, -0.05) is 24.3 Å². The maximum absolute atomic E-state index is 12.0. The maximum atomic E-state index is 12.0. The quantitative estimate of drug-likeness (QED) is 0.941. The molecule has 2 aromatic rings. The molecule has 126 valence electrons. The van der Waals surface area contributed by atoms with Crippen molar-refractivity contribution < 1.29 is 0 Å². The Hall–Kier alpha value is -1.94. The van der Waals surface area contributed by atoms with Gasteiger partial charge in [0.2, 0.25) is 0 Å². The Labute approximate surface area is 142 Å².